The van der Waals surface area contributed by atoms with Gasteiger partial charge in [0.15, 0.2) is 0 Å². The first kappa shape index (κ1) is 14.4. The molecule has 0 aliphatic rings. The van der Waals surface area contributed by atoms with Crippen LogP contribution >= 0.6 is 0 Å². The molecule has 0 aromatic heterocycles. The number of aryl methyl sites for hydroxylation is 2. The zero-order valence-corrected chi connectivity index (χ0v) is 12.2. The molecule has 5 heteroatoms. The van der Waals surface area contributed by atoms with Crippen molar-refractivity contribution in [2.75, 3.05) is 4.72 Å². The van der Waals surface area contributed by atoms with Crippen LogP contribution in [0.1, 0.15) is 18.1 Å². The average molecular weight is 291 g/mol. The van der Waals surface area contributed by atoms with Crippen LogP contribution in [-0.4, -0.2) is 13.5 Å². The molecule has 0 amide bonds. The van der Waals surface area contributed by atoms with Gasteiger partial charge in [0.05, 0.1) is 10.6 Å². The molecule has 4 nitrogen and oxygen atoms in total. The van der Waals surface area contributed by atoms with E-state index in [1.54, 1.807) is 0 Å². The molecule has 2 N–H and O–H groups in total. The van der Waals surface area contributed by atoms with Crippen molar-refractivity contribution in [3.05, 3.63) is 53.6 Å². The van der Waals surface area contributed by atoms with E-state index >= 15 is 0 Å². The fourth-order valence-electron chi connectivity index (χ4n) is 2.01. The van der Waals surface area contributed by atoms with E-state index in [-0.39, 0.29) is 10.6 Å². The molecule has 0 fully saturated rings. The SMILES string of the molecule is CCc1cccc(C)c1NS(=O)(=O)c1cccc(O)c1. The zero-order chi connectivity index (χ0) is 14.8. The van der Waals surface area contributed by atoms with Crippen LogP contribution in [0.15, 0.2) is 47.4 Å². The average Bonchev–Trinajstić information content (AvgIpc) is 2.41. The summed E-state index contributed by atoms with van der Waals surface area (Å²) in [6, 6.07) is 11.3. The van der Waals surface area contributed by atoms with Crippen LogP contribution in [0.4, 0.5) is 5.69 Å². The summed E-state index contributed by atoms with van der Waals surface area (Å²) in [4.78, 5) is 0.0443. The van der Waals surface area contributed by atoms with Gasteiger partial charge in [0.25, 0.3) is 10.0 Å². The Bertz CT molecular complexity index is 724. The first-order valence-electron chi connectivity index (χ1n) is 6.34. The quantitative estimate of drug-likeness (QED) is 0.909. The number of nitrogens with one attached hydrogen (secondary N) is 1. The van der Waals surface area contributed by atoms with Crippen LogP contribution < -0.4 is 4.72 Å². The van der Waals surface area contributed by atoms with E-state index in [1.807, 2.05) is 32.0 Å². The van der Waals surface area contributed by atoms with E-state index in [1.165, 1.54) is 24.3 Å². The second-order valence-electron chi connectivity index (χ2n) is 4.57. The summed E-state index contributed by atoms with van der Waals surface area (Å²) in [7, 11) is -3.70. The molecule has 0 spiro atoms. The van der Waals surface area contributed by atoms with E-state index in [0.717, 1.165) is 17.5 Å². The molecule has 0 saturated carbocycles. The van der Waals surface area contributed by atoms with Crippen molar-refractivity contribution in [3.63, 3.8) is 0 Å². The summed E-state index contributed by atoms with van der Waals surface area (Å²) in [5.74, 6) is -0.0756. The summed E-state index contributed by atoms with van der Waals surface area (Å²) in [6.07, 6.45) is 0.736. The highest BCUT2D eigenvalue weighted by molar-refractivity contribution is 7.92. The molecule has 0 bridgehead atoms. The lowest BCUT2D eigenvalue weighted by molar-refractivity contribution is 0.473. The van der Waals surface area contributed by atoms with Crippen LogP contribution in [0.25, 0.3) is 0 Å². The van der Waals surface area contributed by atoms with Crippen molar-refractivity contribution < 1.29 is 13.5 Å². The Morgan fingerprint density at radius 2 is 1.85 bits per heavy atom. The maximum absolute atomic E-state index is 12.4. The van der Waals surface area contributed by atoms with Crippen molar-refractivity contribution in [1.29, 1.82) is 0 Å². The highest BCUT2D eigenvalue weighted by atomic mass is 32.2. The predicted molar refractivity (Wildman–Crippen MR) is 79.5 cm³/mol. The highest BCUT2D eigenvalue weighted by Gasteiger charge is 2.17. The van der Waals surface area contributed by atoms with Crippen LogP contribution in [0.3, 0.4) is 0 Å². The molecule has 2 aromatic rings. The first-order chi connectivity index (χ1) is 9.44. The van der Waals surface area contributed by atoms with Crippen molar-refractivity contribution in [2.24, 2.45) is 0 Å². The summed E-state index contributed by atoms with van der Waals surface area (Å²) >= 11 is 0. The molecule has 20 heavy (non-hydrogen) atoms. The molecule has 0 radical (unpaired) electrons. The number of anilines is 1. The molecule has 2 aromatic carbocycles. The topological polar surface area (TPSA) is 66.4 Å². The smallest absolute Gasteiger partial charge is 0.262 e. The summed E-state index contributed by atoms with van der Waals surface area (Å²) in [5.41, 5.74) is 2.42. The van der Waals surface area contributed by atoms with Gasteiger partial charge in [0.2, 0.25) is 0 Å². The number of phenols is 1. The van der Waals surface area contributed by atoms with E-state index < -0.39 is 10.0 Å². The van der Waals surface area contributed by atoms with E-state index in [4.69, 9.17) is 0 Å². The lowest BCUT2D eigenvalue weighted by Gasteiger charge is -2.14. The lowest BCUT2D eigenvalue weighted by Crippen LogP contribution is -2.15. The molecule has 0 aliphatic carbocycles. The second-order valence-corrected chi connectivity index (χ2v) is 6.25. The van der Waals surface area contributed by atoms with Gasteiger partial charge >= 0.3 is 0 Å². The number of rotatable bonds is 4. The van der Waals surface area contributed by atoms with Gasteiger partial charge in [0.1, 0.15) is 5.75 Å². The van der Waals surface area contributed by atoms with E-state index in [2.05, 4.69) is 4.72 Å². The fourth-order valence-corrected chi connectivity index (χ4v) is 3.23. The van der Waals surface area contributed by atoms with Gasteiger partial charge < -0.3 is 5.11 Å². The monoisotopic (exact) mass is 291 g/mol. The normalized spacial score (nSPS) is 11.3. The minimum Gasteiger partial charge on any atom is -0.508 e. The molecular formula is C15H17NO3S. The molecule has 0 unspecified atom stereocenters. The van der Waals surface area contributed by atoms with Crippen molar-refractivity contribution in [2.45, 2.75) is 25.2 Å². The number of phenolic OH excluding ortho intramolecular Hbond substituents is 1. The molecule has 0 heterocycles. The Labute approximate surface area is 119 Å². The van der Waals surface area contributed by atoms with Crippen LogP contribution in [0.5, 0.6) is 5.75 Å². The second kappa shape index (κ2) is 5.54. The summed E-state index contributed by atoms with van der Waals surface area (Å²) < 4.78 is 27.3. The third-order valence-electron chi connectivity index (χ3n) is 3.10. The Kier molecular flexibility index (Phi) is 3.99. The summed E-state index contributed by atoms with van der Waals surface area (Å²) in [6.45, 7) is 3.83. The zero-order valence-electron chi connectivity index (χ0n) is 11.4. The third kappa shape index (κ3) is 2.93. The van der Waals surface area contributed by atoms with Gasteiger partial charge in [-0.2, -0.15) is 0 Å². The van der Waals surface area contributed by atoms with Gasteiger partial charge in [-0.15, -0.1) is 0 Å². The van der Waals surface area contributed by atoms with Gasteiger partial charge in [-0.1, -0.05) is 31.2 Å². The predicted octanol–water partition coefficient (Wildman–Crippen LogP) is 3.06. The number of para-hydroxylation sites is 1. The van der Waals surface area contributed by atoms with Crippen molar-refractivity contribution in [1.82, 2.24) is 0 Å². The van der Waals surface area contributed by atoms with Crippen LogP contribution in [-0.2, 0) is 16.4 Å². The van der Waals surface area contributed by atoms with Gasteiger partial charge in [-0.25, -0.2) is 8.42 Å². The first-order valence-corrected chi connectivity index (χ1v) is 7.82. The number of sulfonamides is 1. The summed E-state index contributed by atoms with van der Waals surface area (Å²) in [5, 5.41) is 9.41. The Morgan fingerprint density at radius 1 is 1.15 bits per heavy atom. The Morgan fingerprint density at radius 3 is 2.50 bits per heavy atom. The van der Waals surface area contributed by atoms with Crippen LogP contribution in [0.2, 0.25) is 0 Å². The van der Waals surface area contributed by atoms with Gasteiger partial charge in [0, 0.05) is 6.07 Å². The van der Waals surface area contributed by atoms with Gasteiger partial charge in [-0.05, 0) is 36.6 Å². The molecule has 0 saturated heterocycles. The molecule has 0 aliphatic heterocycles. The van der Waals surface area contributed by atoms with Gasteiger partial charge in [-0.3, -0.25) is 4.72 Å². The molecule has 2 rings (SSSR count). The number of aromatic hydroxyl groups is 1. The molecule has 0 atom stereocenters. The minimum absolute atomic E-state index is 0.0443. The highest BCUT2D eigenvalue weighted by Crippen LogP contribution is 2.25. The third-order valence-corrected chi connectivity index (χ3v) is 4.45. The van der Waals surface area contributed by atoms with Crippen LogP contribution in [0, 0.1) is 6.92 Å². The standard InChI is InChI=1S/C15H17NO3S/c1-3-12-7-4-6-11(2)15(12)16-20(18,19)14-9-5-8-13(17)10-14/h4-10,16-17H,3H2,1-2H3. The lowest BCUT2D eigenvalue weighted by atomic mass is 10.1. The fraction of sp³-hybridized carbons (Fsp3) is 0.200. The largest absolute Gasteiger partial charge is 0.508 e. The maximum Gasteiger partial charge on any atom is 0.262 e. The maximum atomic E-state index is 12.4. The molecule has 106 valence electrons. The Hall–Kier alpha value is -2.01. The number of hydrogen-bond donors (Lipinski definition) is 2. The molecular weight excluding hydrogens is 274 g/mol. The number of hydrogen-bond acceptors (Lipinski definition) is 3. The van der Waals surface area contributed by atoms with Crippen molar-refractivity contribution >= 4 is 15.7 Å². The van der Waals surface area contributed by atoms with Crippen molar-refractivity contribution in [3.8, 4) is 5.75 Å². The van der Waals surface area contributed by atoms with E-state index in [9.17, 15) is 13.5 Å². The Balaban J connectivity index is 2.44. The number of benzene rings is 2. The minimum atomic E-state index is -3.70. The van der Waals surface area contributed by atoms with E-state index in [0.29, 0.717) is 5.69 Å².